The van der Waals surface area contributed by atoms with E-state index in [2.05, 4.69) is 18.7 Å². The Labute approximate surface area is 42.3 Å². The fourth-order valence-corrected chi connectivity index (χ4v) is 2.64. The van der Waals surface area contributed by atoms with Crippen LogP contribution in [0.1, 0.15) is 13.3 Å². The highest BCUT2D eigenvalue weighted by molar-refractivity contribution is 8.08. The van der Waals surface area contributed by atoms with Crippen LogP contribution in [0, 0.1) is 5.92 Å². The molecule has 1 saturated carbocycles. The van der Waals surface area contributed by atoms with Crippen molar-refractivity contribution in [2.45, 2.75) is 23.8 Å². The first kappa shape index (κ1) is 3.36. The molecule has 1 aliphatic carbocycles. The number of thioether (sulfide) groups is 1. The Kier molecular flexibility index (Phi) is 0.441. The Balaban J connectivity index is 2.08. The Morgan fingerprint density at radius 1 is 1.67 bits per heavy atom. The van der Waals surface area contributed by atoms with E-state index in [1.54, 1.807) is 0 Å². The third-order valence-corrected chi connectivity index (χ3v) is 3.42. The second-order valence-corrected chi connectivity index (χ2v) is 3.77. The fourth-order valence-electron chi connectivity index (χ4n) is 1.15. The van der Waals surface area contributed by atoms with Crippen molar-refractivity contribution >= 4 is 11.8 Å². The molecule has 1 aliphatic heterocycles. The maximum absolute atomic E-state index is 2.35. The van der Waals surface area contributed by atoms with Gasteiger partial charge in [-0.2, -0.15) is 11.8 Å². The fraction of sp³-hybridized carbons (Fsp3) is 1.00. The summed E-state index contributed by atoms with van der Waals surface area (Å²) in [5.74, 6) is 1.07. The third kappa shape index (κ3) is 0.237. The molecule has 34 valence electrons. The van der Waals surface area contributed by atoms with Crippen LogP contribution in [0.3, 0.4) is 0 Å². The van der Waals surface area contributed by atoms with Gasteiger partial charge in [-0.25, -0.2) is 0 Å². The van der Waals surface area contributed by atoms with Crippen molar-refractivity contribution in [3.8, 4) is 0 Å². The highest BCUT2D eigenvalue weighted by Gasteiger charge is 2.52. The molecular weight excluding hydrogens is 92.1 g/mol. The molecule has 2 aliphatic rings. The summed E-state index contributed by atoms with van der Waals surface area (Å²) in [5.41, 5.74) is 0. The van der Waals surface area contributed by atoms with Crippen LogP contribution in [0.25, 0.3) is 0 Å². The molecular formula is C5H8S. The van der Waals surface area contributed by atoms with Gasteiger partial charge in [0.05, 0.1) is 0 Å². The first-order valence-electron chi connectivity index (χ1n) is 2.53. The Bertz CT molecular complexity index is 80.0. The summed E-state index contributed by atoms with van der Waals surface area (Å²) in [4.78, 5) is 0. The summed E-state index contributed by atoms with van der Waals surface area (Å²) in [6.07, 6.45) is 1.51. The SMILES string of the molecule is CC1CC2SC12. The average molecular weight is 100 g/mol. The standard InChI is InChI=1S/C5H8S/c1-3-2-4-5(3)6-4/h3-5H,2H2,1H3. The zero-order chi connectivity index (χ0) is 4.15. The number of fused-ring (bicyclic) bond motifs is 1. The van der Waals surface area contributed by atoms with Crippen LogP contribution in [0.5, 0.6) is 0 Å². The predicted octanol–water partition coefficient (Wildman–Crippen LogP) is 1.51. The molecule has 1 saturated heterocycles. The van der Waals surface area contributed by atoms with Crippen LogP contribution in [0.4, 0.5) is 0 Å². The van der Waals surface area contributed by atoms with Crippen molar-refractivity contribution in [3.63, 3.8) is 0 Å². The second-order valence-electron chi connectivity index (χ2n) is 2.35. The van der Waals surface area contributed by atoms with Gasteiger partial charge in [0.15, 0.2) is 0 Å². The Hall–Kier alpha value is 0.350. The lowest BCUT2D eigenvalue weighted by atomic mass is 9.88. The van der Waals surface area contributed by atoms with Crippen molar-refractivity contribution in [2.75, 3.05) is 0 Å². The van der Waals surface area contributed by atoms with Gasteiger partial charge >= 0.3 is 0 Å². The van der Waals surface area contributed by atoms with Crippen molar-refractivity contribution < 1.29 is 0 Å². The summed E-state index contributed by atoms with van der Waals surface area (Å²) in [6, 6.07) is 0. The van der Waals surface area contributed by atoms with Gasteiger partial charge in [0.25, 0.3) is 0 Å². The molecule has 0 aromatic rings. The van der Waals surface area contributed by atoms with Crippen LogP contribution >= 0.6 is 11.8 Å². The lowest BCUT2D eigenvalue weighted by Crippen LogP contribution is -2.19. The molecule has 0 spiro atoms. The van der Waals surface area contributed by atoms with E-state index in [0.29, 0.717) is 0 Å². The van der Waals surface area contributed by atoms with Gasteiger partial charge < -0.3 is 0 Å². The molecule has 0 N–H and O–H groups in total. The maximum Gasteiger partial charge on any atom is 0.0195 e. The minimum absolute atomic E-state index is 1.07. The van der Waals surface area contributed by atoms with Crippen LogP contribution < -0.4 is 0 Å². The molecule has 0 radical (unpaired) electrons. The molecule has 0 aromatic carbocycles. The zero-order valence-corrected chi connectivity index (χ0v) is 4.66. The molecule has 0 amide bonds. The minimum Gasteiger partial charge on any atom is -0.153 e. The first-order chi connectivity index (χ1) is 2.88. The monoisotopic (exact) mass is 100 g/mol. The molecule has 0 nitrogen and oxygen atoms in total. The highest BCUT2D eigenvalue weighted by Crippen LogP contribution is 2.59. The molecule has 0 aromatic heterocycles. The van der Waals surface area contributed by atoms with Gasteiger partial charge in [-0.3, -0.25) is 0 Å². The number of hydrogen-bond acceptors (Lipinski definition) is 1. The van der Waals surface area contributed by atoms with E-state index >= 15 is 0 Å². The zero-order valence-electron chi connectivity index (χ0n) is 3.85. The Morgan fingerprint density at radius 2 is 2.50 bits per heavy atom. The van der Waals surface area contributed by atoms with Crippen molar-refractivity contribution in [3.05, 3.63) is 0 Å². The first-order valence-corrected chi connectivity index (χ1v) is 3.47. The van der Waals surface area contributed by atoms with Crippen LogP contribution in [0.15, 0.2) is 0 Å². The largest absolute Gasteiger partial charge is 0.153 e. The van der Waals surface area contributed by atoms with E-state index < -0.39 is 0 Å². The van der Waals surface area contributed by atoms with E-state index in [1.807, 2.05) is 0 Å². The molecule has 3 unspecified atom stereocenters. The van der Waals surface area contributed by atoms with Crippen LogP contribution in [0.2, 0.25) is 0 Å². The number of rotatable bonds is 0. The lowest BCUT2D eigenvalue weighted by molar-refractivity contribution is 0.430. The predicted molar refractivity (Wildman–Crippen MR) is 28.9 cm³/mol. The summed E-state index contributed by atoms with van der Waals surface area (Å²) >= 11 is 2.17. The van der Waals surface area contributed by atoms with Gasteiger partial charge in [-0.15, -0.1) is 0 Å². The van der Waals surface area contributed by atoms with E-state index in [9.17, 15) is 0 Å². The van der Waals surface area contributed by atoms with Crippen LogP contribution in [-0.4, -0.2) is 10.5 Å². The topological polar surface area (TPSA) is 0 Å². The summed E-state index contributed by atoms with van der Waals surface area (Å²) in [5, 5.41) is 2.24. The smallest absolute Gasteiger partial charge is 0.0195 e. The molecule has 0 bridgehead atoms. The molecule has 6 heavy (non-hydrogen) atoms. The third-order valence-electron chi connectivity index (χ3n) is 1.79. The minimum atomic E-state index is 1.07. The molecule has 2 rings (SSSR count). The lowest BCUT2D eigenvalue weighted by Gasteiger charge is -2.15. The highest BCUT2D eigenvalue weighted by atomic mass is 32.2. The second kappa shape index (κ2) is 0.786. The van der Waals surface area contributed by atoms with Crippen molar-refractivity contribution in [1.82, 2.24) is 0 Å². The summed E-state index contributed by atoms with van der Waals surface area (Å²) in [6.45, 7) is 2.35. The summed E-state index contributed by atoms with van der Waals surface area (Å²) < 4.78 is 0. The molecule has 1 heterocycles. The molecule has 3 atom stereocenters. The van der Waals surface area contributed by atoms with Crippen molar-refractivity contribution in [2.24, 2.45) is 5.92 Å². The normalized spacial score (nSPS) is 62.5. The van der Waals surface area contributed by atoms with Gasteiger partial charge in [-0.05, 0) is 12.3 Å². The number of hydrogen-bond donors (Lipinski definition) is 0. The average Bonchev–Trinajstić information content (AvgIpc) is 2.12. The van der Waals surface area contributed by atoms with Gasteiger partial charge in [0.1, 0.15) is 0 Å². The van der Waals surface area contributed by atoms with Gasteiger partial charge in [-0.1, -0.05) is 6.92 Å². The Morgan fingerprint density at radius 3 is 2.50 bits per heavy atom. The molecule has 2 fully saturated rings. The quantitative estimate of drug-likeness (QED) is 0.416. The van der Waals surface area contributed by atoms with E-state index in [4.69, 9.17) is 0 Å². The van der Waals surface area contributed by atoms with E-state index in [1.165, 1.54) is 6.42 Å². The maximum atomic E-state index is 2.35. The van der Waals surface area contributed by atoms with Gasteiger partial charge in [0.2, 0.25) is 0 Å². The molecule has 1 heteroatoms. The van der Waals surface area contributed by atoms with Crippen molar-refractivity contribution in [1.29, 1.82) is 0 Å². The van der Waals surface area contributed by atoms with Crippen LogP contribution in [-0.2, 0) is 0 Å². The summed E-state index contributed by atoms with van der Waals surface area (Å²) in [7, 11) is 0. The van der Waals surface area contributed by atoms with Gasteiger partial charge in [0, 0.05) is 10.5 Å². The van der Waals surface area contributed by atoms with E-state index in [0.717, 1.165) is 16.4 Å². The van der Waals surface area contributed by atoms with E-state index in [-0.39, 0.29) is 0 Å².